The molecule has 0 aromatic heterocycles. The second-order valence-electron chi connectivity index (χ2n) is 3.07. The number of benzene rings is 1. The maximum absolute atomic E-state index is 5.78. The van der Waals surface area contributed by atoms with Crippen molar-refractivity contribution in [1.29, 1.82) is 0 Å². The molecule has 1 aromatic rings. The molecule has 1 aromatic carbocycles. The zero-order valence-corrected chi connectivity index (χ0v) is 8.73. The van der Waals surface area contributed by atoms with Crippen LogP contribution in [0.25, 0.3) is 6.08 Å². The molecule has 1 nitrogen and oxygen atoms in total. The smallest absolute Gasteiger partial charge is 0.0406 e. The predicted molar refractivity (Wildman–Crippen MR) is 59.0 cm³/mol. The summed E-state index contributed by atoms with van der Waals surface area (Å²) in [5, 5.41) is 3.89. The number of likely N-dealkylation sites (N-methyl/N-ethyl adjacent to an activating group) is 1. The Hall–Kier alpha value is -0.790. The van der Waals surface area contributed by atoms with Crippen molar-refractivity contribution in [3.05, 3.63) is 40.4 Å². The van der Waals surface area contributed by atoms with Gasteiger partial charge in [-0.05, 0) is 31.7 Å². The molecule has 70 valence electrons. The van der Waals surface area contributed by atoms with E-state index < -0.39 is 0 Å². The SMILES string of the molecule is CNCC(C)=Cc1ccc(Cl)cc1. The summed E-state index contributed by atoms with van der Waals surface area (Å²) in [6.45, 7) is 3.02. The van der Waals surface area contributed by atoms with E-state index in [1.54, 1.807) is 0 Å². The molecule has 0 amide bonds. The summed E-state index contributed by atoms with van der Waals surface area (Å²) in [5.41, 5.74) is 2.50. The van der Waals surface area contributed by atoms with E-state index in [4.69, 9.17) is 11.6 Å². The molecule has 0 atom stereocenters. The van der Waals surface area contributed by atoms with E-state index in [9.17, 15) is 0 Å². The van der Waals surface area contributed by atoms with E-state index in [1.807, 2.05) is 31.3 Å². The van der Waals surface area contributed by atoms with Crippen molar-refractivity contribution in [1.82, 2.24) is 5.32 Å². The van der Waals surface area contributed by atoms with E-state index >= 15 is 0 Å². The van der Waals surface area contributed by atoms with Gasteiger partial charge in [-0.15, -0.1) is 0 Å². The molecule has 0 radical (unpaired) electrons. The van der Waals surface area contributed by atoms with Crippen LogP contribution in [-0.2, 0) is 0 Å². The van der Waals surface area contributed by atoms with E-state index in [1.165, 1.54) is 11.1 Å². The van der Waals surface area contributed by atoms with Gasteiger partial charge in [0.1, 0.15) is 0 Å². The summed E-state index contributed by atoms with van der Waals surface area (Å²) < 4.78 is 0. The zero-order chi connectivity index (χ0) is 9.68. The van der Waals surface area contributed by atoms with Crippen molar-refractivity contribution in [3.8, 4) is 0 Å². The van der Waals surface area contributed by atoms with Crippen LogP contribution in [0.5, 0.6) is 0 Å². The first-order valence-electron chi connectivity index (χ1n) is 4.29. The zero-order valence-electron chi connectivity index (χ0n) is 7.97. The average molecular weight is 196 g/mol. The van der Waals surface area contributed by atoms with Gasteiger partial charge in [0, 0.05) is 11.6 Å². The van der Waals surface area contributed by atoms with Gasteiger partial charge in [-0.2, -0.15) is 0 Å². The first-order chi connectivity index (χ1) is 6.22. The summed E-state index contributed by atoms with van der Waals surface area (Å²) in [7, 11) is 1.94. The highest BCUT2D eigenvalue weighted by Gasteiger charge is 1.90. The lowest BCUT2D eigenvalue weighted by Gasteiger charge is -1.99. The van der Waals surface area contributed by atoms with Gasteiger partial charge in [-0.3, -0.25) is 0 Å². The molecule has 0 aliphatic heterocycles. The predicted octanol–water partition coefficient (Wildman–Crippen LogP) is 2.96. The molecule has 0 unspecified atom stereocenters. The van der Waals surface area contributed by atoms with E-state index in [2.05, 4.69) is 18.3 Å². The number of hydrogen-bond acceptors (Lipinski definition) is 1. The minimum Gasteiger partial charge on any atom is -0.316 e. The molecule has 0 heterocycles. The molecule has 0 aliphatic carbocycles. The molecule has 1 N–H and O–H groups in total. The van der Waals surface area contributed by atoms with Gasteiger partial charge in [0.25, 0.3) is 0 Å². The van der Waals surface area contributed by atoms with Gasteiger partial charge in [-0.25, -0.2) is 0 Å². The maximum atomic E-state index is 5.78. The Morgan fingerprint density at radius 1 is 1.38 bits per heavy atom. The molecular weight excluding hydrogens is 182 g/mol. The quantitative estimate of drug-likeness (QED) is 0.782. The van der Waals surface area contributed by atoms with E-state index in [0.717, 1.165) is 11.6 Å². The standard InChI is InChI=1S/C11H14ClN/c1-9(8-13-2)7-10-3-5-11(12)6-4-10/h3-7,13H,8H2,1-2H3. The summed E-state index contributed by atoms with van der Waals surface area (Å²) in [5.74, 6) is 0. The molecule has 0 saturated carbocycles. The van der Waals surface area contributed by atoms with Crippen molar-refractivity contribution >= 4 is 17.7 Å². The number of hydrogen-bond donors (Lipinski definition) is 1. The molecule has 0 saturated heterocycles. The van der Waals surface area contributed by atoms with Gasteiger partial charge >= 0.3 is 0 Å². The van der Waals surface area contributed by atoms with Crippen LogP contribution < -0.4 is 5.32 Å². The average Bonchev–Trinajstić information content (AvgIpc) is 2.09. The Morgan fingerprint density at radius 3 is 2.54 bits per heavy atom. The second-order valence-corrected chi connectivity index (χ2v) is 3.51. The third kappa shape index (κ3) is 3.62. The van der Waals surface area contributed by atoms with Gasteiger partial charge in [0.05, 0.1) is 0 Å². The van der Waals surface area contributed by atoms with E-state index in [-0.39, 0.29) is 0 Å². The third-order valence-electron chi connectivity index (χ3n) is 1.74. The van der Waals surface area contributed by atoms with Gasteiger partial charge in [0.2, 0.25) is 0 Å². The van der Waals surface area contributed by atoms with Crippen LogP contribution in [0.3, 0.4) is 0 Å². The van der Waals surface area contributed by atoms with Crippen LogP contribution >= 0.6 is 11.6 Å². The van der Waals surface area contributed by atoms with Crippen LogP contribution in [0, 0.1) is 0 Å². The fraction of sp³-hybridized carbons (Fsp3) is 0.273. The van der Waals surface area contributed by atoms with Crippen LogP contribution in [0.4, 0.5) is 0 Å². The van der Waals surface area contributed by atoms with Gasteiger partial charge < -0.3 is 5.32 Å². The largest absolute Gasteiger partial charge is 0.316 e. The van der Waals surface area contributed by atoms with Crippen molar-refractivity contribution in [2.75, 3.05) is 13.6 Å². The Labute approximate surface area is 84.4 Å². The van der Waals surface area contributed by atoms with Crippen molar-refractivity contribution < 1.29 is 0 Å². The Morgan fingerprint density at radius 2 is 2.00 bits per heavy atom. The second kappa shape index (κ2) is 5.05. The highest BCUT2D eigenvalue weighted by molar-refractivity contribution is 6.30. The lowest BCUT2D eigenvalue weighted by atomic mass is 10.1. The van der Waals surface area contributed by atoms with Crippen molar-refractivity contribution in [2.24, 2.45) is 0 Å². The lowest BCUT2D eigenvalue weighted by Crippen LogP contribution is -2.08. The Bertz CT molecular complexity index is 287. The van der Waals surface area contributed by atoms with E-state index in [0.29, 0.717) is 0 Å². The van der Waals surface area contributed by atoms with Crippen LogP contribution in [-0.4, -0.2) is 13.6 Å². The fourth-order valence-corrected chi connectivity index (χ4v) is 1.30. The molecule has 1 rings (SSSR count). The highest BCUT2D eigenvalue weighted by Crippen LogP contribution is 2.11. The first-order valence-corrected chi connectivity index (χ1v) is 4.67. The number of halogens is 1. The fourth-order valence-electron chi connectivity index (χ4n) is 1.17. The minimum absolute atomic E-state index is 0.781. The molecule has 0 aliphatic rings. The summed E-state index contributed by atoms with van der Waals surface area (Å²) >= 11 is 5.78. The monoisotopic (exact) mass is 195 g/mol. The normalized spacial score (nSPS) is 11.8. The number of nitrogens with one attached hydrogen (secondary N) is 1. The maximum Gasteiger partial charge on any atom is 0.0406 e. The molecule has 13 heavy (non-hydrogen) atoms. The third-order valence-corrected chi connectivity index (χ3v) is 1.99. The highest BCUT2D eigenvalue weighted by atomic mass is 35.5. The summed E-state index contributed by atoms with van der Waals surface area (Å²) in [6, 6.07) is 7.84. The number of rotatable bonds is 3. The van der Waals surface area contributed by atoms with Gasteiger partial charge in [0.15, 0.2) is 0 Å². The van der Waals surface area contributed by atoms with Gasteiger partial charge in [-0.1, -0.05) is 35.4 Å². The van der Waals surface area contributed by atoms with Crippen molar-refractivity contribution in [2.45, 2.75) is 6.92 Å². The summed E-state index contributed by atoms with van der Waals surface area (Å²) in [4.78, 5) is 0. The topological polar surface area (TPSA) is 12.0 Å². The summed E-state index contributed by atoms with van der Waals surface area (Å²) in [6.07, 6.45) is 2.15. The minimum atomic E-state index is 0.781. The van der Waals surface area contributed by atoms with Crippen LogP contribution in [0.1, 0.15) is 12.5 Å². The van der Waals surface area contributed by atoms with Crippen LogP contribution in [0.2, 0.25) is 5.02 Å². The molecule has 2 heteroatoms. The molecular formula is C11H14ClN. The Kier molecular flexibility index (Phi) is 4.00. The first kappa shape index (κ1) is 10.3. The lowest BCUT2D eigenvalue weighted by molar-refractivity contribution is 0.884. The molecule has 0 bridgehead atoms. The van der Waals surface area contributed by atoms with Crippen LogP contribution in [0.15, 0.2) is 29.8 Å². The van der Waals surface area contributed by atoms with Crippen molar-refractivity contribution in [3.63, 3.8) is 0 Å². The molecule has 0 spiro atoms. The molecule has 0 fully saturated rings. The Balaban J connectivity index is 2.73.